The first kappa shape index (κ1) is 12.3. The van der Waals surface area contributed by atoms with E-state index in [4.69, 9.17) is 0 Å². The molecular formula is C11H19N3S. The minimum absolute atomic E-state index is 0.710. The molecule has 0 fully saturated rings. The third-order valence-electron chi connectivity index (χ3n) is 2.27. The highest BCUT2D eigenvalue weighted by Gasteiger charge is 2.04. The van der Waals surface area contributed by atoms with Crippen LogP contribution in [-0.2, 0) is 0 Å². The van der Waals surface area contributed by atoms with E-state index in [9.17, 15) is 0 Å². The Hall–Kier alpha value is -0.770. The van der Waals surface area contributed by atoms with E-state index in [0.29, 0.717) is 5.95 Å². The molecule has 0 saturated carbocycles. The van der Waals surface area contributed by atoms with E-state index >= 15 is 0 Å². The summed E-state index contributed by atoms with van der Waals surface area (Å²) in [6.45, 7) is 6.48. The summed E-state index contributed by atoms with van der Waals surface area (Å²) in [5.74, 6) is 2.57. The van der Waals surface area contributed by atoms with Crippen LogP contribution >= 0.6 is 11.8 Å². The van der Waals surface area contributed by atoms with Gasteiger partial charge in [0.2, 0.25) is 5.95 Å². The predicted molar refractivity (Wildman–Crippen MR) is 66.5 cm³/mol. The number of thioether (sulfide) groups is 1. The number of nitrogens with zero attached hydrogens (tertiary/aromatic N) is 2. The molecule has 0 aliphatic rings. The van der Waals surface area contributed by atoms with E-state index in [0.717, 1.165) is 22.4 Å². The average molecular weight is 225 g/mol. The van der Waals surface area contributed by atoms with Crippen LogP contribution in [0.3, 0.4) is 0 Å². The van der Waals surface area contributed by atoms with Crippen LogP contribution in [0.4, 0.5) is 5.95 Å². The predicted octanol–water partition coefficient (Wildman–Crippen LogP) is 2.96. The highest BCUT2D eigenvalue weighted by Crippen LogP contribution is 2.21. The fourth-order valence-electron chi connectivity index (χ4n) is 1.07. The Kier molecular flexibility index (Phi) is 4.88. The fraction of sp³-hybridized carbons (Fsp3) is 0.636. The summed E-state index contributed by atoms with van der Waals surface area (Å²) in [6, 6.07) is 2.04. The van der Waals surface area contributed by atoms with Gasteiger partial charge in [-0.2, -0.15) is 0 Å². The largest absolute Gasteiger partial charge is 0.357 e. The molecule has 1 rings (SSSR count). The minimum atomic E-state index is 0.710. The Balaban J connectivity index is 2.64. The van der Waals surface area contributed by atoms with Gasteiger partial charge in [0, 0.05) is 18.5 Å². The van der Waals surface area contributed by atoms with Gasteiger partial charge in [0.15, 0.2) is 0 Å². The number of hydrogen-bond donors (Lipinski definition) is 1. The lowest BCUT2D eigenvalue weighted by Crippen LogP contribution is -2.00. The van der Waals surface area contributed by atoms with E-state index in [1.165, 1.54) is 6.42 Å². The van der Waals surface area contributed by atoms with E-state index < -0.39 is 0 Å². The van der Waals surface area contributed by atoms with E-state index in [2.05, 4.69) is 29.1 Å². The van der Waals surface area contributed by atoms with Crippen molar-refractivity contribution in [1.29, 1.82) is 0 Å². The standard InChI is InChI=1S/C11H19N3S/c1-5-8(2)7-15-10-6-9(3)13-11(12-4)14-10/h6,8H,5,7H2,1-4H3,(H,12,13,14). The maximum Gasteiger partial charge on any atom is 0.223 e. The summed E-state index contributed by atoms with van der Waals surface area (Å²) < 4.78 is 0. The molecule has 84 valence electrons. The molecule has 0 bridgehead atoms. The van der Waals surface area contributed by atoms with Gasteiger partial charge in [0.25, 0.3) is 0 Å². The monoisotopic (exact) mass is 225 g/mol. The second-order valence-corrected chi connectivity index (χ2v) is 4.79. The van der Waals surface area contributed by atoms with Crippen LogP contribution in [0.15, 0.2) is 11.1 Å². The number of nitrogens with one attached hydrogen (secondary N) is 1. The molecule has 1 atom stereocenters. The van der Waals surface area contributed by atoms with Gasteiger partial charge in [0.05, 0.1) is 0 Å². The number of aromatic nitrogens is 2. The Morgan fingerprint density at radius 2 is 2.20 bits per heavy atom. The van der Waals surface area contributed by atoms with Crippen molar-refractivity contribution in [3.8, 4) is 0 Å². The Morgan fingerprint density at radius 3 is 2.80 bits per heavy atom. The molecule has 0 aromatic carbocycles. The molecule has 1 aromatic heterocycles. The highest BCUT2D eigenvalue weighted by molar-refractivity contribution is 7.99. The zero-order valence-corrected chi connectivity index (χ0v) is 10.7. The third-order valence-corrected chi connectivity index (χ3v) is 3.51. The van der Waals surface area contributed by atoms with Crippen LogP contribution in [0.25, 0.3) is 0 Å². The summed E-state index contributed by atoms with van der Waals surface area (Å²) in [4.78, 5) is 8.66. The molecule has 0 aliphatic heterocycles. The molecule has 1 heterocycles. The van der Waals surface area contributed by atoms with Crippen molar-refractivity contribution < 1.29 is 0 Å². The first-order valence-corrected chi connectivity index (χ1v) is 6.30. The quantitative estimate of drug-likeness (QED) is 0.617. The van der Waals surface area contributed by atoms with Crippen LogP contribution in [-0.4, -0.2) is 22.8 Å². The van der Waals surface area contributed by atoms with E-state index in [-0.39, 0.29) is 0 Å². The molecule has 3 nitrogen and oxygen atoms in total. The van der Waals surface area contributed by atoms with Crippen LogP contribution in [0, 0.1) is 12.8 Å². The third kappa shape index (κ3) is 4.08. The Morgan fingerprint density at radius 1 is 1.47 bits per heavy atom. The zero-order chi connectivity index (χ0) is 11.3. The van der Waals surface area contributed by atoms with Crippen molar-refractivity contribution in [2.75, 3.05) is 18.1 Å². The molecule has 0 aliphatic carbocycles. The summed E-state index contributed by atoms with van der Waals surface area (Å²) in [5.41, 5.74) is 1.01. The van der Waals surface area contributed by atoms with Gasteiger partial charge in [-0.05, 0) is 18.9 Å². The molecule has 0 radical (unpaired) electrons. The van der Waals surface area contributed by atoms with Gasteiger partial charge in [-0.3, -0.25) is 0 Å². The SMILES string of the molecule is CCC(C)CSc1cc(C)nc(NC)n1. The van der Waals surface area contributed by atoms with Gasteiger partial charge in [-0.25, -0.2) is 9.97 Å². The van der Waals surface area contributed by atoms with Crippen molar-refractivity contribution in [3.63, 3.8) is 0 Å². The molecule has 1 aromatic rings. The van der Waals surface area contributed by atoms with E-state index in [1.54, 1.807) is 11.8 Å². The maximum absolute atomic E-state index is 4.40. The topological polar surface area (TPSA) is 37.8 Å². The molecule has 15 heavy (non-hydrogen) atoms. The molecule has 0 saturated heterocycles. The summed E-state index contributed by atoms with van der Waals surface area (Å²) in [7, 11) is 1.85. The zero-order valence-electron chi connectivity index (χ0n) is 9.87. The Labute approximate surface area is 96.1 Å². The summed E-state index contributed by atoms with van der Waals surface area (Å²) in [5, 5.41) is 4.04. The second kappa shape index (κ2) is 5.95. The lowest BCUT2D eigenvalue weighted by molar-refractivity contribution is 0.636. The molecule has 1 N–H and O–H groups in total. The van der Waals surface area contributed by atoms with Crippen LogP contribution in [0.2, 0.25) is 0 Å². The van der Waals surface area contributed by atoms with Crippen LogP contribution in [0.5, 0.6) is 0 Å². The first-order chi connectivity index (χ1) is 7.15. The smallest absolute Gasteiger partial charge is 0.223 e. The first-order valence-electron chi connectivity index (χ1n) is 5.32. The lowest BCUT2D eigenvalue weighted by atomic mass is 10.2. The van der Waals surface area contributed by atoms with Crippen molar-refractivity contribution in [2.24, 2.45) is 5.92 Å². The van der Waals surface area contributed by atoms with Gasteiger partial charge >= 0.3 is 0 Å². The fourth-order valence-corrected chi connectivity index (χ4v) is 2.17. The number of anilines is 1. The van der Waals surface area contributed by atoms with Crippen LogP contribution < -0.4 is 5.32 Å². The number of rotatable bonds is 5. The van der Waals surface area contributed by atoms with Crippen LogP contribution in [0.1, 0.15) is 26.0 Å². The normalized spacial score (nSPS) is 12.5. The van der Waals surface area contributed by atoms with Gasteiger partial charge in [0.1, 0.15) is 5.03 Å². The van der Waals surface area contributed by atoms with Crippen molar-refractivity contribution >= 4 is 17.7 Å². The Bertz CT molecular complexity index is 315. The molecule has 0 spiro atoms. The second-order valence-electron chi connectivity index (χ2n) is 3.75. The maximum atomic E-state index is 4.40. The van der Waals surface area contributed by atoms with Gasteiger partial charge in [-0.15, -0.1) is 11.8 Å². The molecule has 1 unspecified atom stereocenters. The highest BCUT2D eigenvalue weighted by atomic mass is 32.2. The minimum Gasteiger partial charge on any atom is -0.357 e. The summed E-state index contributed by atoms with van der Waals surface area (Å²) >= 11 is 1.81. The average Bonchev–Trinajstić information content (AvgIpc) is 2.25. The van der Waals surface area contributed by atoms with Crippen molar-refractivity contribution in [3.05, 3.63) is 11.8 Å². The molecule has 4 heteroatoms. The lowest BCUT2D eigenvalue weighted by Gasteiger charge is -2.08. The molecule has 0 amide bonds. The summed E-state index contributed by atoms with van der Waals surface area (Å²) in [6.07, 6.45) is 1.22. The van der Waals surface area contributed by atoms with Crippen molar-refractivity contribution in [1.82, 2.24) is 9.97 Å². The molecular weight excluding hydrogens is 206 g/mol. The van der Waals surface area contributed by atoms with Gasteiger partial charge < -0.3 is 5.32 Å². The van der Waals surface area contributed by atoms with Gasteiger partial charge in [-0.1, -0.05) is 20.3 Å². The van der Waals surface area contributed by atoms with Crippen molar-refractivity contribution in [2.45, 2.75) is 32.2 Å². The number of hydrogen-bond acceptors (Lipinski definition) is 4. The van der Waals surface area contributed by atoms with E-state index in [1.807, 2.05) is 20.0 Å². The number of aryl methyl sites for hydroxylation is 1.